The molecule has 1 fully saturated rings. The second kappa shape index (κ2) is 7.91. The van der Waals surface area contributed by atoms with Crippen molar-refractivity contribution in [2.24, 2.45) is 5.10 Å². The third-order valence-electron chi connectivity index (χ3n) is 3.82. The number of anilines is 2. The van der Waals surface area contributed by atoms with E-state index in [2.05, 4.69) is 33.9 Å². The largest absolute Gasteiger partial charge is 0.378 e. The van der Waals surface area contributed by atoms with Crippen molar-refractivity contribution in [1.82, 2.24) is 9.88 Å². The molecule has 0 amide bonds. The van der Waals surface area contributed by atoms with Crippen LogP contribution in [0.15, 0.2) is 36.3 Å². The number of hydrazone groups is 1. The summed E-state index contributed by atoms with van der Waals surface area (Å²) in [6, 6.07) is 2.30. The number of nitrogens with one attached hydrogen (secondary N) is 1. The van der Waals surface area contributed by atoms with Gasteiger partial charge in [-0.25, -0.2) is 5.01 Å². The number of piperidine rings is 1. The van der Waals surface area contributed by atoms with Crippen LogP contribution in [0.5, 0.6) is 0 Å². The fourth-order valence-electron chi connectivity index (χ4n) is 2.66. The van der Waals surface area contributed by atoms with E-state index in [1.54, 1.807) is 30.7 Å². The Hall–Kier alpha value is -1.92. The SMILES string of the molecule is C=CN(/N=C\C)c1cncc(NC2CCN(C)CC2OC)c1. The average Bonchev–Trinajstić information content (AvgIpc) is 2.54. The number of rotatable bonds is 6. The van der Waals surface area contributed by atoms with Crippen molar-refractivity contribution in [2.75, 3.05) is 37.6 Å². The van der Waals surface area contributed by atoms with E-state index in [1.807, 2.05) is 19.2 Å². The Morgan fingerprint density at radius 3 is 3.05 bits per heavy atom. The molecule has 2 atom stereocenters. The number of likely N-dealkylation sites (N-methyl/N-ethyl adjacent to an activating group) is 1. The molecule has 1 aliphatic heterocycles. The summed E-state index contributed by atoms with van der Waals surface area (Å²) >= 11 is 0. The molecule has 6 nitrogen and oxygen atoms in total. The van der Waals surface area contributed by atoms with Gasteiger partial charge in [0.15, 0.2) is 0 Å². The van der Waals surface area contributed by atoms with Gasteiger partial charge in [-0.15, -0.1) is 0 Å². The zero-order valence-electron chi connectivity index (χ0n) is 13.6. The Morgan fingerprint density at radius 1 is 1.55 bits per heavy atom. The number of likely N-dealkylation sites (tertiary alicyclic amines) is 1. The van der Waals surface area contributed by atoms with E-state index < -0.39 is 0 Å². The van der Waals surface area contributed by atoms with Crippen LogP contribution in [0.1, 0.15) is 13.3 Å². The molecular formula is C16H25N5O. The first-order valence-electron chi connectivity index (χ1n) is 7.51. The van der Waals surface area contributed by atoms with Crippen molar-refractivity contribution < 1.29 is 4.74 Å². The van der Waals surface area contributed by atoms with Gasteiger partial charge in [-0.3, -0.25) is 4.98 Å². The maximum Gasteiger partial charge on any atom is 0.0899 e. The summed E-state index contributed by atoms with van der Waals surface area (Å²) < 4.78 is 5.61. The molecule has 1 saturated heterocycles. The summed E-state index contributed by atoms with van der Waals surface area (Å²) in [5, 5.41) is 9.46. The van der Waals surface area contributed by atoms with Crippen LogP contribution in [0.2, 0.25) is 0 Å². The Balaban J connectivity index is 2.11. The van der Waals surface area contributed by atoms with Gasteiger partial charge >= 0.3 is 0 Å². The lowest BCUT2D eigenvalue weighted by Gasteiger charge is -2.36. The minimum absolute atomic E-state index is 0.173. The van der Waals surface area contributed by atoms with Gasteiger partial charge in [-0.2, -0.15) is 5.10 Å². The summed E-state index contributed by atoms with van der Waals surface area (Å²) in [7, 11) is 3.89. The van der Waals surface area contributed by atoms with E-state index in [0.717, 1.165) is 30.9 Å². The van der Waals surface area contributed by atoms with Crippen LogP contribution in [0.25, 0.3) is 0 Å². The van der Waals surface area contributed by atoms with Crippen molar-refractivity contribution in [2.45, 2.75) is 25.5 Å². The molecule has 120 valence electrons. The highest BCUT2D eigenvalue weighted by Gasteiger charge is 2.27. The molecule has 1 aromatic rings. The highest BCUT2D eigenvalue weighted by molar-refractivity contribution is 5.61. The van der Waals surface area contributed by atoms with Gasteiger partial charge in [-0.05, 0) is 33.0 Å². The minimum Gasteiger partial charge on any atom is -0.378 e. The molecule has 6 heteroatoms. The van der Waals surface area contributed by atoms with Gasteiger partial charge in [0.2, 0.25) is 0 Å². The number of ether oxygens (including phenoxy) is 1. The summed E-state index contributed by atoms with van der Waals surface area (Å²) in [6.07, 6.45) is 8.19. The van der Waals surface area contributed by atoms with E-state index >= 15 is 0 Å². The van der Waals surface area contributed by atoms with Crippen molar-refractivity contribution in [3.8, 4) is 0 Å². The van der Waals surface area contributed by atoms with Crippen LogP contribution in [0, 0.1) is 0 Å². The monoisotopic (exact) mass is 303 g/mol. The fourth-order valence-corrected chi connectivity index (χ4v) is 2.66. The molecular weight excluding hydrogens is 278 g/mol. The van der Waals surface area contributed by atoms with Gasteiger partial charge in [0.05, 0.1) is 35.9 Å². The molecule has 0 saturated carbocycles. The van der Waals surface area contributed by atoms with Crippen LogP contribution in [0.3, 0.4) is 0 Å². The second-order valence-electron chi connectivity index (χ2n) is 5.41. The maximum atomic E-state index is 5.61. The lowest BCUT2D eigenvalue weighted by atomic mass is 10.0. The van der Waals surface area contributed by atoms with Gasteiger partial charge in [-0.1, -0.05) is 6.58 Å². The van der Waals surface area contributed by atoms with Crippen LogP contribution < -0.4 is 10.3 Å². The summed E-state index contributed by atoms with van der Waals surface area (Å²) in [5.74, 6) is 0. The molecule has 2 heterocycles. The quantitative estimate of drug-likeness (QED) is 0.645. The minimum atomic E-state index is 0.173. The number of hydrogen-bond donors (Lipinski definition) is 1. The Labute approximate surface area is 132 Å². The first kappa shape index (κ1) is 16.5. The third kappa shape index (κ3) is 4.05. The predicted octanol–water partition coefficient (Wildman–Crippen LogP) is 2.17. The molecule has 0 radical (unpaired) electrons. The first-order valence-corrected chi connectivity index (χ1v) is 7.51. The highest BCUT2D eigenvalue weighted by Crippen LogP contribution is 2.22. The number of hydrogen-bond acceptors (Lipinski definition) is 6. The number of aromatic nitrogens is 1. The van der Waals surface area contributed by atoms with Crippen molar-refractivity contribution in [3.63, 3.8) is 0 Å². The molecule has 1 N–H and O–H groups in total. The summed E-state index contributed by atoms with van der Waals surface area (Å²) in [4.78, 5) is 6.58. The zero-order valence-corrected chi connectivity index (χ0v) is 13.6. The lowest BCUT2D eigenvalue weighted by molar-refractivity contribution is 0.0312. The Bertz CT molecular complexity index is 519. The molecule has 0 bridgehead atoms. The number of pyridine rings is 1. The molecule has 0 aliphatic carbocycles. The molecule has 1 aliphatic rings. The van der Waals surface area contributed by atoms with Crippen molar-refractivity contribution >= 4 is 17.6 Å². The fraction of sp³-hybridized carbons (Fsp3) is 0.500. The standard InChI is InChI=1S/C16H25N5O/c1-5-18-21(6-2)14-9-13(10-17-11-14)19-15-7-8-20(3)12-16(15)22-4/h5-6,9-11,15-16,19H,2,7-8,12H2,1,3-4H3/b18-5-. The van der Waals surface area contributed by atoms with E-state index in [9.17, 15) is 0 Å². The lowest BCUT2D eigenvalue weighted by Crippen LogP contribution is -2.49. The van der Waals surface area contributed by atoms with Gasteiger partial charge in [0.1, 0.15) is 0 Å². The molecule has 2 rings (SSSR count). The molecule has 1 aromatic heterocycles. The van der Waals surface area contributed by atoms with E-state index in [0.29, 0.717) is 0 Å². The highest BCUT2D eigenvalue weighted by atomic mass is 16.5. The van der Waals surface area contributed by atoms with Gasteiger partial charge in [0.25, 0.3) is 0 Å². The van der Waals surface area contributed by atoms with E-state index in [4.69, 9.17) is 4.74 Å². The van der Waals surface area contributed by atoms with E-state index in [-0.39, 0.29) is 12.1 Å². The molecule has 0 aromatic carbocycles. The summed E-state index contributed by atoms with van der Waals surface area (Å²) in [5.41, 5.74) is 1.84. The number of nitrogens with zero attached hydrogens (tertiary/aromatic N) is 4. The van der Waals surface area contributed by atoms with Crippen LogP contribution in [0.4, 0.5) is 11.4 Å². The molecule has 0 spiro atoms. The normalized spacial score (nSPS) is 22.7. The van der Waals surface area contributed by atoms with Crippen LogP contribution in [-0.4, -0.2) is 55.5 Å². The maximum absolute atomic E-state index is 5.61. The number of methoxy groups -OCH3 is 1. The topological polar surface area (TPSA) is 53.0 Å². The smallest absolute Gasteiger partial charge is 0.0899 e. The predicted molar refractivity (Wildman–Crippen MR) is 91.4 cm³/mol. The molecule has 2 unspecified atom stereocenters. The van der Waals surface area contributed by atoms with Crippen LogP contribution >= 0.6 is 0 Å². The Kier molecular flexibility index (Phi) is 5.91. The third-order valence-corrected chi connectivity index (χ3v) is 3.82. The van der Waals surface area contributed by atoms with Crippen molar-refractivity contribution in [1.29, 1.82) is 0 Å². The summed E-state index contributed by atoms with van der Waals surface area (Å²) in [6.45, 7) is 7.63. The Morgan fingerprint density at radius 2 is 2.36 bits per heavy atom. The van der Waals surface area contributed by atoms with E-state index in [1.165, 1.54) is 0 Å². The van der Waals surface area contributed by atoms with Gasteiger partial charge in [0, 0.05) is 26.1 Å². The zero-order chi connectivity index (χ0) is 15.9. The average molecular weight is 303 g/mol. The first-order chi connectivity index (χ1) is 10.7. The van der Waals surface area contributed by atoms with Crippen LogP contribution in [-0.2, 0) is 4.74 Å². The molecule has 22 heavy (non-hydrogen) atoms. The van der Waals surface area contributed by atoms with Gasteiger partial charge < -0.3 is 15.0 Å². The van der Waals surface area contributed by atoms with Crippen molar-refractivity contribution in [3.05, 3.63) is 31.2 Å². The second-order valence-corrected chi connectivity index (χ2v) is 5.41.